The normalized spacial score (nSPS) is 37.6. The average molecular weight is 530 g/mol. The van der Waals surface area contributed by atoms with Crippen molar-refractivity contribution in [3.8, 4) is 11.1 Å². The maximum Gasteiger partial charge on any atom is 0.0583 e. The number of allylic oxidation sites excluding steroid dienone is 6. The number of fused-ring (bicyclic) bond motifs is 4. The lowest BCUT2D eigenvalue weighted by molar-refractivity contribution is 0.364. The predicted octanol–water partition coefficient (Wildman–Crippen LogP) is 11.0. The summed E-state index contributed by atoms with van der Waals surface area (Å²) in [7, 11) is 0. The molecule has 0 N–H and O–H groups in total. The molecule has 3 aliphatic carbocycles. The van der Waals surface area contributed by atoms with E-state index in [0.717, 1.165) is 22.4 Å². The Bertz CT molecular complexity index is 2550. The molecule has 0 amide bonds. The molecule has 194 valence electrons. The Morgan fingerprint density at radius 2 is 1.25 bits per heavy atom. The van der Waals surface area contributed by atoms with E-state index in [4.69, 9.17) is 11.0 Å². The lowest BCUT2D eigenvalue weighted by atomic mass is 9.66. The fraction of sp³-hybridized carbons (Fsp3) is 0.200. The first-order chi connectivity index (χ1) is 25.5. The van der Waals surface area contributed by atoms with E-state index >= 15 is 0 Å². The van der Waals surface area contributed by atoms with E-state index in [1.807, 2.05) is 54.6 Å². The highest BCUT2D eigenvalue weighted by Crippen LogP contribution is 2.52. The molecule has 1 fully saturated rings. The first-order valence-electron chi connectivity index (χ1n) is 20.8. The number of rotatable bonds is 3. The van der Waals surface area contributed by atoms with Crippen LogP contribution in [0.5, 0.6) is 0 Å². The summed E-state index contributed by atoms with van der Waals surface area (Å²) in [4.78, 5) is 0. The molecular weight excluding hydrogens is 480 g/mol. The number of hydrogen-bond acceptors (Lipinski definition) is 0. The number of benzene rings is 5. The van der Waals surface area contributed by atoms with Crippen LogP contribution in [0.1, 0.15) is 69.9 Å². The SMILES string of the molecule is [2H]C1=C(c2ccccc2-c2cccc3ccccc23)C(c2cccc3ccccc23)=C2C=C3C([2H])([2H])C([2H])([2H])C([2H])([2H])C([2H])([2H])C3([2H])C([2H])([2H])C2([2H])C1([2H])[2H]. The second kappa shape index (κ2) is 9.79. The molecule has 0 radical (unpaired) electrons. The third-order valence-electron chi connectivity index (χ3n) is 7.69. The van der Waals surface area contributed by atoms with Crippen LogP contribution < -0.4 is 0 Å². The van der Waals surface area contributed by atoms with Crippen molar-refractivity contribution in [3.05, 3.63) is 144 Å². The van der Waals surface area contributed by atoms with Crippen molar-refractivity contribution >= 4 is 32.7 Å². The average Bonchev–Trinajstić information content (AvgIpc) is 3.14. The summed E-state index contributed by atoms with van der Waals surface area (Å²) >= 11 is 0. The van der Waals surface area contributed by atoms with Gasteiger partial charge in [0.2, 0.25) is 0 Å². The first kappa shape index (κ1) is 13.0. The van der Waals surface area contributed by atoms with Crippen LogP contribution in [0.4, 0.5) is 0 Å². The van der Waals surface area contributed by atoms with Gasteiger partial charge in [-0.25, -0.2) is 0 Å². The van der Waals surface area contributed by atoms with Gasteiger partial charge in [0.25, 0.3) is 0 Å². The van der Waals surface area contributed by atoms with Gasteiger partial charge in [0.1, 0.15) is 0 Å². The van der Waals surface area contributed by atoms with Crippen molar-refractivity contribution in [3.63, 3.8) is 0 Å². The second-order valence-electron chi connectivity index (χ2n) is 9.95. The summed E-state index contributed by atoms with van der Waals surface area (Å²) in [5.74, 6) is -7.07. The molecule has 1 saturated carbocycles. The zero-order chi connectivity index (χ0) is 39.9. The highest BCUT2D eigenvalue weighted by atomic mass is 14.4. The van der Waals surface area contributed by atoms with E-state index in [2.05, 4.69) is 0 Å². The quantitative estimate of drug-likeness (QED) is 0.218. The Hall–Kier alpha value is -4.16. The van der Waals surface area contributed by atoms with E-state index in [9.17, 15) is 9.60 Å². The molecule has 8 rings (SSSR count). The van der Waals surface area contributed by atoms with Crippen LogP contribution in [0.15, 0.2) is 132 Å². The van der Waals surface area contributed by atoms with Gasteiger partial charge in [0.15, 0.2) is 0 Å². The zero-order valence-corrected chi connectivity index (χ0v) is 21.5. The predicted molar refractivity (Wildman–Crippen MR) is 171 cm³/mol. The Morgan fingerprint density at radius 1 is 0.625 bits per heavy atom. The van der Waals surface area contributed by atoms with Crippen LogP contribution in [-0.4, -0.2) is 0 Å². The van der Waals surface area contributed by atoms with E-state index in [-0.39, 0.29) is 11.1 Å². The molecule has 40 heavy (non-hydrogen) atoms. The van der Waals surface area contributed by atoms with Gasteiger partial charge in [0.05, 0.1) is 1.37 Å². The molecule has 5 aromatic carbocycles. The largest absolute Gasteiger partial charge is 0.0754 e. The molecule has 0 bridgehead atoms. The highest BCUT2D eigenvalue weighted by molar-refractivity contribution is 6.15. The minimum absolute atomic E-state index is 0.0384. The van der Waals surface area contributed by atoms with Crippen LogP contribution in [0.2, 0.25) is 0 Å². The minimum atomic E-state index is -3.85. The minimum Gasteiger partial charge on any atom is -0.0754 e. The smallest absolute Gasteiger partial charge is 0.0583 e. The Labute approximate surface area is 258 Å². The maximum absolute atomic E-state index is 10.0. The lowest BCUT2D eigenvalue weighted by Gasteiger charge is -2.38. The van der Waals surface area contributed by atoms with Crippen LogP contribution in [0.3, 0.4) is 0 Å². The van der Waals surface area contributed by atoms with Crippen molar-refractivity contribution in [1.29, 1.82) is 0 Å². The summed E-state index contributed by atoms with van der Waals surface area (Å²) in [6.07, 6.45) is -21.2. The topological polar surface area (TPSA) is 0 Å². The zero-order valence-electron chi connectivity index (χ0n) is 36.5. The molecule has 0 heterocycles. The van der Waals surface area contributed by atoms with Crippen molar-refractivity contribution in [2.24, 2.45) is 11.8 Å². The molecule has 0 spiro atoms. The molecule has 2 atom stereocenters. The summed E-state index contributed by atoms with van der Waals surface area (Å²) in [5, 5.41) is 3.01. The molecule has 0 saturated heterocycles. The number of hydrogen-bond donors (Lipinski definition) is 0. The van der Waals surface area contributed by atoms with Crippen molar-refractivity contribution in [2.75, 3.05) is 0 Å². The van der Waals surface area contributed by atoms with Crippen LogP contribution >= 0.6 is 0 Å². The van der Waals surface area contributed by atoms with Gasteiger partial charge in [-0.05, 0) is 104 Å². The summed E-state index contributed by atoms with van der Waals surface area (Å²) in [6, 6.07) is 31.7. The molecule has 0 aromatic heterocycles. The Kier molecular flexibility index (Phi) is 3.18. The third-order valence-corrected chi connectivity index (χ3v) is 7.69. The standard InChI is InChI=1S/C40H34/c1-2-14-30-26-39-31(25-29(30)13-1)23-24-38(40(39)37-22-10-16-28-12-4-6-18-33(28)37)36-20-8-7-19-35(36)34-21-9-15-27-11-3-5-17-32(27)34/h3-12,15-22,24,26,29,31H,1-2,13-14,23,25H2/i1D2,2D2,13D2,14D2,23D2,24D,25D2,29D,31D. The summed E-state index contributed by atoms with van der Waals surface area (Å²) < 4.78 is 138. The molecule has 0 aliphatic heterocycles. The highest BCUT2D eigenvalue weighted by Gasteiger charge is 2.34. The Morgan fingerprint density at radius 3 is 2.05 bits per heavy atom. The van der Waals surface area contributed by atoms with Crippen molar-refractivity contribution in [1.82, 2.24) is 0 Å². The van der Waals surface area contributed by atoms with E-state index in [0.29, 0.717) is 27.5 Å². The monoisotopic (exact) mass is 529 g/mol. The lowest BCUT2D eigenvalue weighted by Crippen LogP contribution is -2.23. The van der Waals surface area contributed by atoms with Gasteiger partial charge >= 0.3 is 0 Å². The van der Waals surface area contributed by atoms with E-state index < -0.39 is 67.2 Å². The molecule has 0 nitrogen and oxygen atoms in total. The van der Waals surface area contributed by atoms with Gasteiger partial charge in [-0.2, -0.15) is 0 Å². The van der Waals surface area contributed by atoms with Gasteiger partial charge in [-0.15, -0.1) is 0 Å². The maximum atomic E-state index is 10.0. The summed E-state index contributed by atoms with van der Waals surface area (Å²) in [6.45, 7) is 0. The van der Waals surface area contributed by atoms with Gasteiger partial charge in [-0.3, -0.25) is 0 Å². The summed E-state index contributed by atoms with van der Waals surface area (Å²) in [5.41, 5.74) is 0.241. The van der Waals surface area contributed by atoms with Crippen molar-refractivity contribution < 1.29 is 20.6 Å². The van der Waals surface area contributed by atoms with Crippen molar-refractivity contribution in [2.45, 2.75) is 38.2 Å². The fourth-order valence-corrected chi connectivity index (χ4v) is 5.88. The molecule has 5 aromatic rings. The van der Waals surface area contributed by atoms with Gasteiger partial charge in [0, 0.05) is 19.2 Å². The fourth-order valence-electron chi connectivity index (χ4n) is 5.88. The molecule has 0 heteroatoms. The van der Waals surface area contributed by atoms with Crippen LogP contribution in [0, 0.1) is 11.8 Å². The van der Waals surface area contributed by atoms with Crippen LogP contribution in [0.25, 0.3) is 43.8 Å². The molecule has 2 unspecified atom stereocenters. The molecular formula is C40H34. The molecule has 3 aliphatic rings. The van der Waals surface area contributed by atoms with Gasteiger partial charge < -0.3 is 0 Å². The first-order valence-corrected chi connectivity index (χ1v) is 13.3. The van der Waals surface area contributed by atoms with E-state index in [1.165, 1.54) is 0 Å². The van der Waals surface area contributed by atoms with Crippen LogP contribution in [-0.2, 0) is 0 Å². The Balaban J connectivity index is 1.60. The van der Waals surface area contributed by atoms with E-state index in [1.54, 1.807) is 54.6 Å². The third kappa shape index (κ3) is 3.89. The van der Waals surface area contributed by atoms with Gasteiger partial charge in [-0.1, -0.05) is 133 Å². The second-order valence-corrected chi connectivity index (χ2v) is 9.95.